The topological polar surface area (TPSA) is 542 Å². The van der Waals surface area contributed by atoms with Gasteiger partial charge < -0.3 is 77.0 Å². The van der Waals surface area contributed by atoms with Gasteiger partial charge in [-0.1, -0.05) is 148 Å². The van der Waals surface area contributed by atoms with E-state index in [1.54, 1.807) is 91.0 Å². The number of rotatable bonds is 40. The molecule has 3 heterocycles. The third kappa shape index (κ3) is 33.9. The number of alkyl carbamates (subject to hydrolysis) is 1. The molecule has 616 valence electrons. The summed E-state index contributed by atoms with van der Waals surface area (Å²) in [6.07, 6.45) is -25.2. The summed E-state index contributed by atoms with van der Waals surface area (Å²) in [5, 5.41) is 13.0. The van der Waals surface area contributed by atoms with Gasteiger partial charge in [-0.3, -0.25) is 60.4 Å². The number of amides is 1. The maximum atomic E-state index is 14.4. The lowest BCUT2D eigenvalue weighted by Crippen LogP contribution is -2.61. The average Bonchev–Trinajstić information content (AvgIpc) is 0.787. The smallest absolute Gasteiger partial charge is 0.458 e. The van der Waals surface area contributed by atoms with Crippen LogP contribution in [0.15, 0.2) is 106 Å². The fourth-order valence-corrected chi connectivity index (χ4v) is 13.6. The summed E-state index contributed by atoms with van der Waals surface area (Å²) in [5.41, 5.74) is 30.7. The Morgan fingerprint density at radius 2 is 0.721 bits per heavy atom. The standard InChI is InChI=1S/C54H67N10O30P3.2C6H15N/c1-30(65)84-45-39(90-51(42(59-62-55)48(45)87-33(4)68)77-23-22-58-54(71)78-24-36-16-10-7-11-17-36)27-79-95(72,73)93-52-43(60-63-56)49(88-34(5)69)46(85-31(2)66)40(91-52)28-80-96(74,75)94-53-44(61-64-57)50(89-35(6)70)47(86-32(3)67)41(92-53)29-83-97(76,81-25-37-18-12-8-13-19-37)82-26-38-20-14-9-15-21-38;2*1-4-7(5-2)6-3/h7-21,39-53H,22-29H2,1-6H3,(H,58,71)(H,72,73)(H,74,75);2*4-6H2,1-3H3/t39-,40-,41-,42+,43+,44+,45-,46-,47-,48-,49-,50-,51+,52-,53-;;/m1../s1. The molecule has 2 unspecified atom stereocenters. The van der Waals surface area contributed by atoms with E-state index in [1.165, 1.54) is 39.3 Å². The third-order valence-corrected chi connectivity index (χ3v) is 19.2. The van der Waals surface area contributed by atoms with Crippen molar-refractivity contribution in [2.75, 3.05) is 72.2 Å². The monoisotopic (exact) mass is 1630 g/mol. The molecule has 0 bridgehead atoms. The highest BCUT2D eigenvalue weighted by Crippen LogP contribution is 2.53. The van der Waals surface area contributed by atoms with Crippen LogP contribution in [0.1, 0.15) is 99.8 Å². The van der Waals surface area contributed by atoms with Crippen LogP contribution in [0.25, 0.3) is 31.3 Å². The van der Waals surface area contributed by atoms with E-state index in [4.69, 9.17) is 83.8 Å². The molecule has 0 radical (unpaired) electrons. The van der Waals surface area contributed by atoms with Gasteiger partial charge in [0.1, 0.15) is 43.0 Å². The number of phosphoric ester groups is 3. The van der Waals surface area contributed by atoms with Crippen LogP contribution in [0, 0.1) is 0 Å². The zero-order valence-corrected chi connectivity index (χ0v) is 66.0. The number of azide groups is 3. The fraction of sp³-hybridized carbons (Fsp3) is 0.621. The summed E-state index contributed by atoms with van der Waals surface area (Å²) in [6.45, 7) is 20.4. The van der Waals surface area contributed by atoms with Gasteiger partial charge in [-0.25, -0.2) is 18.5 Å². The molecule has 3 N–H and O–H groups in total. The molecule has 0 aromatic heterocycles. The SMILES string of the molecule is CC(=O)O[C@@H]1[C@H](N=[N+]=[N-])[C@@H](OP(=O)(O)OC[C@H]2O[C@H](OCCNC(=O)OCc3ccccc3)[C@@H](N=[N+]=[N-])[C@@H](OC(C)=O)[C@@H]2OC(C)=O)O[C@H](COP(=O)(O)O[C@H]2O[C@H](COP(=O)(OCc3ccccc3)OCc3ccccc3)[C@@H](OC(C)=O)[C@H](OC(C)=O)[C@@H]2N=[N+]=[N-])[C@H]1OC(C)=O.CCN(CC)CC.CCN(CC)CC. The number of esters is 6. The minimum Gasteiger partial charge on any atom is -0.458 e. The summed E-state index contributed by atoms with van der Waals surface area (Å²) in [4.78, 5) is 124. The number of nitrogens with one attached hydrogen (secondary N) is 1. The molecule has 42 nitrogen and oxygen atoms in total. The second kappa shape index (κ2) is 49.3. The van der Waals surface area contributed by atoms with E-state index >= 15 is 0 Å². The number of benzene rings is 3. The Labute approximate surface area is 640 Å². The van der Waals surface area contributed by atoms with Crippen molar-refractivity contribution >= 4 is 65.4 Å². The van der Waals surface area contributed by atoms with Crippen LogP contribution < -0.4 is 5.32 Å². The number of nitrogens with zero attached hydrogens (tertiary/aromatic N) is 11. The van der Waals surface area contributed by atoms with Gasteiger partial charge in [0, 0.05) is 62.8 Å². The molecule has 3 aliphatic rings. The zero-order valence-electron chi connectivity index (χ0n) is 63.3. The fourth-order valence-electron chi connectivity index (χ4n) is 10.8. The van der Waals surface area contributed by atoms with Gasteiger partial charge in [0.25, 0.3) is 0 Å². The number of ether oxygens (including phenoxy) is 11. The van der Waals surface area contributed by atoms with Crippen molar-refractivity contribution in [3.8, 4) is 0 Å². The molecule has 17 atom stereocenters. The van der Waals surface area contributed by atoms with Gasteiger partial charge >= 0.3 is 65.4 Å². The number of hydrogen-bond acceptors (Lipinski definition) is 33. The lowest BCUT2D eigenvalue weighted by molar-refractivity contribution is -0.273. The Hall–Kier alpha value is -8.23. The van der Waals surface area contributed by atoms with Gasteiger partial charge in [0.15, 0.2) is 55.5 Å². The van der Waals surface area contributed by atoms with E-state index in [1.807, 2.05) is 0 Å². The molecule has 3 saturated heterocycles. The predicted molar refractivity (Wildman–Crippen MR) is 385 cm³/mol. The van der Waals surface area contributed by atoms with Crippen LogP contribution in [-0.4, -0.2) is 226 Å². The Morgan fingerprint density at radius 1 is 0.432 bits per heavy atom. The Morgan fingerprint density at radius 3 is 1.02 bits per heavy atom. The highest BCUT2D eigenvalue weighted by Gasteiger charge is 2.57. The van der Waals surface area contributed by atoms with Crippen LogP contribution in [0.4, 0.5) is 4.79 Å². The minimum absolute atomic E-state index is 0.0997. The van der Waals surface area contributed by atoms with E-state index in [2.05, 4.69) is 86.7 Å². The van der Waals surface area contributed by atoms with Crippen LogP contribution >= 0.6 is 23.5 Å². The van der Waals surface area contributed by atoms with Crippen molar-refractivity contribution in [1.29, 1.82) is 0 Å². The molecule has 3 fully saturated rings. The molecular weight excluding hydrogens is 1530 g/mol. The van der Waals surface area contributed by atoms with E-state index < -0.39 is 184 Å². The van der Waals surface area contributed by atoms with E-state index in [-0.39, 0.29) is 26.4 Å². The average molecular weight is 1630 g/mol. The van der Waals surface area contributed by atoms with E-state index in [0.29, 0.717) is 16.7 Å². The van der Waals surface area contributed by atoms with Crippen molar-refractivity contribution in [1.82, 2.24) is 15.1 Å². The summed E-state index contributed by atoms with van der Waals surface area (Å²) < 4.78 is 142. The largest absolute Gasteiger partial charge is 0.475 e. The van der Waals surface area contributed by atoms with Crippen molar-refractivity contribution in [3.63, 3.8) is 0 Å². The third-order valence-electron chi connectivity index (χ3n) is 15.9. The Balaban J connectivity index is 0.00000169. The van der Waals surface area contributed by atoms with Crippen molar-refractivity contribution in [3.05, 3.63) is 139 Å². The van der Waals surface area contributed by atoms with E-state index in [9.17, 15) is 73.6 Å². The van der Waals surface area contributed by atoms with Crippen LogP contribution in [0.5, 0.6) is 0 Å². The lowest BCUT2D eigenvalue weighted by Gasteiger charge is -2.44. The number of carbonyl (C=O) groups is 7. The summed E-state index contributed by atoms with van der Waals surface area (Å²) in [7, 11) is -16.5. The number of phosphoric acid groups is 3. The second-order valence-corrected chi connectivity index (χ2v) is 28.2. The molecular formula is C66H97N12O30P3. The summed E-state index contributed by atoms with van der Waals surface area (Å²) >= 11 is 0. The first-order valence-corrected chi connectivity index (χ1v) is 39.3. The zero-order chi connectivity index (χ0) is 82.3. The molecule has 6 rings (SSSR count). The molecule has 3 aromatic carbocycles. The molecule has 0 aliphatic carbocycles. The number of carbonyl (C=O) groups excluding carboxylic acids is 7. The van der Waals surface area contributed by atoms with Gasteiger partial charge in [-0.15, -0.1) is 0 Å². The molecule has 0 saturated carbocycles. The molecule has 0 spiro atoms. The molecule has 111 heavy (non-hydrogen) atoms. The van der Waals surface area contributed by atoms with Gasteiger partial charge in [0.2, 0.25) is 0 Å². The number of hydrogen-bond donors (Lipinski definition) is 3. The predicted octanol–water partition coefficient (Wildman–Crippen LogP) is 9.25. The second-order valence-electron chi connectivity index (χ2n) is 23.8. The Kier molecular flexibility index (Phi) is 42.3. The highest BCUT2D eigenvalue weighted by molar-refractivity contribution is 7.48. The van der Waals surface area contributed by atoms with Gasteiger partial charge in [0.05, 0.1) is 39.6 Å². The maximum absolute atomic E-state index is 14.4. The molecule has 3 aliphatic heterocycles. The van der Waals surface area contributed by atoms with Crippen LogP contribution in [0.2, 0.25) is 0 Å². The lowest BCUT2D eigenvalue weighted by atomic mass is 9.97. The minimum atomic E-state index is -5.88. The molecule has 1 amide bonds. The first kappa shape index (κ1) is 95.1. The van der Waals surface area contributed by atoms with Crippen LogP contribution in [0.3, 0.4) is 0 Å². The normalized spacial score (nSPS) is 24.5. The van der Waals surface area contributed by atoms with E-state index in [0.717, 1.165) is 41.5 Å². The highest BCUT2D eigenvalue weighted by atomic mass is 31.2. The van der Waals surface area contributed by atoms with Crippen molar-refractivity contribution < 1.29 is 141 Å². The molecule has 45 heteroatoms. The quantitative estimate of drug-likeness (QED) is 0.00907. The first-order valence-electron chi connectivity index (χ1n) is 34.9. The van der Waals surface area contributed by atoms with Gasteiger partial charge in [-0.2, -0.15) is 0 Å². The van der Waals surface area contributed by atoms with Crippen molar-refractivity contribution in [2.24, 2.45) is 15.3 Å². The Bertz CT molecular complexity index is 3650. The summed E-state index contributed by atoms with van der Waals surface area (Å²) in [5.74, 6) is -6.65. The summed E-state index contributed by atoms with van der Waals surface area (Å²) in [6, 6.07) is 19.3. The molecule has 3 aromatic rings. The maximum Gasteiger partial charge on any atom is 0.475 e. The van der Waals surface area contributed by atoms with Crippen molar-refractivity contribution in [2.45, 2.75) is 195 Å². The van der Waals surface area contributed by atoms with Crippen LogP contribution in [-0.2, 0) is 146 Å². The first-order chi connectivity index (χ1) is 52.8. The van der Waals surface area contributed by atoms with Gasteiger partial charge in [-0.05, 0) is 72.6 Å².